The molecule has 7 nitrogen and oxygen atoms in total. The van der Waals surface area contributed by atoms with Gasteiger partial charge in [-0.15, -0.1) is 0 Å². The van der Waals surface area contributed by atoms with Crippen LogP contribution in [0.25, 0.3) is 11.1 Å². The monoisotopic (exact) mass is 422 g/mol. The SMILES string of the molecule is N=C(N)c1ccc(CNC(=O)Cc2cccc(-c3cccc(S(N)(=O)=O)c3)c2)cc1. The molecule has 0 heterocycles. The average molecular weight is 423 g/mol. The molecule has 1 amide bonds. The van der Waals surface area contributed by atoms with Crippen molar-refractivity contribution in [3.63, 3.8) is 0 Å². The minimum atomic E-state index is -3.79. The zero-order valence-corrected chi connectivity index (χ0v) is 16.9. The number of amides is 1. The molecule has 0 spiro atoms. The van der Waals surface area contributed by atoms with Crippen LogP contribution in [-0.4, -0.2) is 20.2 Å². The Labute approximate surface area is 175 Å². The molecule has 0 saturated heterocycles. The van der Waals surface area contributed by atoms with Gasteiger partial charge in [0.05, 0.1) is 11.3 Å². The van der Waals surface area contributed by atoms with Gasteiger partial charge in [-0.25, -0.2) is 13.6 Å². The van der Waals surface area contributed by atoms with Gasteiger partial charge < -0.3 is 11.1 Å². The van der Waals surface area contributed by atoms with Crippen LogP contribution in [0.5, 0.6) is 0 Å². The number of carbonyl (C=O) groups is 1. The fourth-order valence-corrected chi connectivity index (χ4v) is 3.52. The first-order valence-corrected chi connectivity index (χ1v) is 10.7. The number of nitrogens with two attached hydrogens (primary N) is 2. The molecule has 0 aromatic heterocycles. The molecule has 0 saturated carbocycles. The first kappa shape index (κ1) is 21.2. The van der Waals surface area contributed by atoms with Crippen molar-refractivity contribution in [2.75, 3.05) is 0 Å². The van der Waals surface area contributed by atoms with E-state index in [9.17, 15) is 13.2 Å². The van der Waals surface area contributed by atoms with Gasteiger partial charge in [0.1, 0.15) is 5.84 Å². The van der Waals surface area contributed by atoms with Crippen molar-refractivity contribution in [1.29, 1.82) is 5.41 Å². The molecule has 0 aliphatic carbocycles. The number of nitrogen functional groups attached to an aromatic ring is 1. The van der Waals surface area contributed by atoms with E-state index in [0.717, 1.165) is 16.7 Å². The third-order valence-electron chi connectivity index (χ3n) is 4.54. The number of amidine groups is 1. The maximum absolute atomic E-state index is 12.3. The van der Waals surface area contributed by atoms with E-state index >= 15 is 0 Å². The number of carbonyl (C=O) groups excluding carboxylic acids is 1. The highest BCUT2D eigenvalue weighted by Gasteiger charge is 2.10. The van der Waals surface area contributed by atoms with E-state index in [4.69, 9.17) is 16.3 Å². The fraction of sp³-hybridized carbons (Fsp3) is 0.0909. The van der Waals surface area contributed by atoms with E-state index in [1.165, 1.54) is 12.1 Å². The lowest BCUT2D eigenvalue weighted by molar-refractivity contribution is -0.120. The Balaban J connectivity index is 1.66. The van der Waals surface area contributed by atoms with E-state index in [1.807, 2.05) is 36.4 Å². The minimum absolute atomic E-state index is 0.0000613. The molecule has 0 radical (unpaired) electrons. The van der Waals surface area contributed by atoms with Crippen molar-refractivity contribution >= 4 is 21.8 Å². The summed E-state index contributed by atoms with van der Waals surface area (Å²) in [5.41, 5.74) is 9.27. The number of nitrogens with one attached hydrogen (secondary N) is 2. The molecule has 0 unspecified atom stereocenters. The molecule has 0 atom stereocenters. The summed E-state index contributed by atoms with van der Waals surface area (Å²) in [6.45, 7) is 0.368. The van der Waals surface area contributed by atoms with Crippen LogP contribution in [0.15, 0.2) is 77.7 Å². The maximum Gasteiger partial charge on any atom is 0.238 e. The smallest absolute Gasteiger partial charge is 0.238 e. The van der Waals surface area contributed by atoms with Crippen LogP contribution in [0.4, 0.5) is 0 Å². The van der Waals surface area contributed by atoms with E-state index in [2.05, 4.69) is 5.32 Å². The molecule has 30 heavy (non-hydrogen) atoms. The summed E-state index contributed by atoms with van der Waals surface area (Å²) >= 11 is 0. The second-order valence-corrected chi connectivity index (χ2v) is 8.40. The van der Waals surface area contributed by atoms with Gasteiger partial charge in [0, 0.05) is 12.1 Å². The average Bonchev–Trinajstić information content (AvgIpc) is 2.72. The maximum atomic E-state index is 12.3. The molecular weight excluding hydrogens is 400 g/mol. The Morgan fingerprint density at radius 3 is 2.17 bits per heavy atom. The van der Waals surface area contributed by atoms with Gasteiger partial charge in [-0.1, -0.05) is 60.7 Å². The lowest BCUT2D eigenvalue weighted by Crippen LogP contribution is -2.24. The number of sulfonamides is 1. The Bertz CT molecular complexity index is 1190. The Hall–Kier alpha value is -3.49. The van der Waals surface area contributed by atoms with Crippen molar-refractivity contribution in [1.82, 2.24) is 5.32 Å². The van der Waals surface area contributed by atoms with E-state index in [0.29, 0.717) is 17.7 Å². The van der Waals surface area contributed by atoms with Gasteiger partial charge in [0.2, 0.25) is 15.9 Å². The van der Waals surface area contributed by atoms with Gasteiger partial charge in [-0.05, 0) is 34.4 Å². The third kappa shape index (κ3) is 5.53. The van der Waals surface area contributed by atoms with E-state index in [1.54, 1.807) is 24.3 Å². The molecule has 0 fully saturated rings. The van der Waals surface area contributed by atoms with Crippen molar-refractivity contribution < 1.29 is 13.2 Å². The predicted molar refractivity (Wildman–Crippen MR) is 116 cm³/mol. The molecular formula is C22H22N4O3S. The minimum Gasteiger partial charge on any atom is -0.384 e. The van der Waals surface area contributed by atoms with Gasteiger partial charge in [0.25, 0.3) is 0 Å². The summed E-state index contributed by atoms with van der Waals surface area (Å²) in [5.74, 6) is -0.138. The zero-order valence-electron chi connectivity index (χ0n) is 16.1. The van der Waals surface area contributed by atoms with Crippen molar-refractivity contribution in [2.45, 2.75) is 17.9 Å². The number of rotatable bonds is 7. The molecule has 154 valence electrons. The van der Waals surface area contributed by atoms with Crippen LogP contribution in [0.2, 0.25) is 0 Å². The Morgan fingerprint density at radius 2 is 1.53 bits per heavy atom. The van der Waals surface area contributed by atoms with E-state index < -0.39 is 10.0 Å². The van der Waals surface area contributed by atoms with Gasteiger partial charge >= 0.3 is 0 Å². The molecule has 6 N–H and O–H groups in total. The second kappa shape index (κ2) is 8.89. The number of hydrogen-bond donors (Lipinski definition) is 4. The predicted octanol–water partition coefficient (Wildman–Crippen LogP) is 2.14. The molecule has 0 aliphatic rings. The summed E-state index contributed by atoms with van der Waals surface area (Å²) in [4.78, 5) is 12.4. The molecule has 8 heteroatoms. The third-order valence-corrected chi connectivity index (χ3v) is 5.45. The molecule has 3 rings (SSSR count). The van der Waals surface area contributed by atoms with Crippen LogP contribution in [0, 0.1) is 5.41 Å². The lowest BCUT2D eigenvalue weighted by atomic mass is 10.0. The first-order valence-electron chi connectivity index (χ1n) is 9.14. The van der Waals surface area contributed by atoms with Crippen molar-refractivity contribution in [3.05, 3.63) is 89.5 Å². The van der Waals surface area contributed by atoms with Gasteiger partial charge in [-0.3, -0.25) is 10.2 Å². The number of benzene rings is 3. The molecule has 3 aromatic carbocycles. The number of hydrogen-bond acceptors (Lipinski definition) is 4. The summed E-state index contributed by atoms with van der Waals surface area (Å²) in [5, 5.41) is 15.5. The van der Waals surface area contributed by atoms with Crippen LogP contribution in [0.3, 0.4) is 0 Å². The summed E-state index contributed by atoms with van der Waals surface area (Å²) in [7, 11) is -3.79. The van der Waals surface area contributed by atoms with Crippen LogP contribution < -0.4 is 16.2 Å². The van der Waals surface area contributed by atoms with Gasteiger partial charge in [0.15, 0.2) is 0 Å². The fourth-order valence-electron chi connectivity index (χ4n) is 2.96. The summed E-state index contributed by atoms with van der Waals surface area (Å²) < 4.78 is 23.2. The second-order valence-electron chi connectivity index (χ2n) is 6.84. The zero-order chi connectivity index (χ0) is 21.7. The van der Waals surface area contributed by atoms with Crippen molar-refractivity contribution in [3.8, 4) is 11.1 Å². The lowest BCUT2D eigenvalue weighted by Gasteiger charge is -2.09. The van der Waals surface area contributed by atoms with Gasteiger partial charge in [-0.2, -0.15) is 0 Å². The Morgan fingerprint density at radius 1 is 0.900 bits per heavy atom. The Kier molecular flexibility index (Phi) is 6.29. The van der Waals surface area contributed by atoms with Crippen LogP contribution in [0.1, 0.15) is 16.7 Å². The van der Waals surface area contributed by atoms with Crippen molar-refractivity contribution in [2.24, 2.45) is 10.9 Å². The first-order chi connectivity index (χ1) is 14.2. The standard InChI is InChI=1S/C22H22N4O3S/c23-22(24)17-9-7-15(8-10-17)14-26-21(27)12-16-3-1-4-18(11-16)19-5-2-6-20(13-19)30(25,28)29/h1-11,13H,12,14H2,(H3,23,24)(H,26,27)(H2,25,28,29). The molecule has 0 bridgehead atoms. The topological polar surface area (TPSA) is 139 Å². The normalized spacial score (nSPS) is 11.1. The highest BCUT2D eigenvalue weighted by molar-refractivity contribution is 7.89. The van der Waals surface area contributed by atoms with Crippen LogP contribution >= 0.6 is 0 Å². The van der Waals surface area contributed by atoms with Crippen LogP contribution in [-0.2, 0) is 27.8 Å². The summed E-state index contributed by atoms with van der Waals surface area (Å²) in [6.07, 6.45) is 0.189. The highest BCUT2D eigenvalue weighted by Crippen LogP contribution is 2.23. The largest absolute Gasteiger partial charge is 0.384 e. The summed E-state index contributed by atoms with van der Waals surface area (Å²) in [6, 6.07) is 20.8. The molecule has 0 aliphatic heterocycles. The highest BCUT2D eigenvalue weighted by atomic mass is 32.2. The number of primary sulfonamides is 1. The van der Waals surface area contributed by atoms with E-state index in [-0.39, 0.29) is 23.1 Å². The quantitative estimate of drug-likeness (QED) is 0.342. The molecule has 3 aromatic rings.